The van der Waals surface area contributed by atoms with Crippen molar-refractivity contribution in [1.29, 1.82) is 0 Å². The van der Waals surface area contributed by atoms with Crippen LogP contribution >= 0.6 is 33.2 Å². The van der Waals surface area contributed by atoms with Crippen molar-refractivity contribution in [2.24, 2.45) is 0 Å². The summed E-state index contributed by atoms with van der Waals surface area (Å²) in [6.45, 7) is 2.04. The Bertz CT molecular complexity index is 302. The monoisotopic (exact) mass is 247 g/mol. The number of rotatable bonds is 1. The van der Waals surface area contributed by atoms with Crippen LogP contribution in [-0.2, 0) is 0 Å². The molecule has 0 atom stereocenters. The van der Waals surface area contributed by atoms with Crippen molar-refractivity contribution in [2.75, 3.05) is 29.5 Å². The second-order valence-corrected chi connectivity index (χ2v) is 5.92. The van der Waals surface area contributed by atoms with Crippen LogP contribution in [-0.4, -0.2) is 34.6 Å². The molecule has 2 heterocycles. The van der Waals surface area contributed by atoms with E-state index in [1.807, 2.05) is 21.6 Å². The summed E-state index contributed by atoms with van der Waals surface area (Å²) in [5.74, 6) is 3.14. The van der Waals surface area contributed by atoms with Gasteiger partial charge in [0.2, 0.25) is 0 Å². The van der Waals surface area contributed by atoms with Crippen molar-refractivity contribution in [2.45, 2.75) is 0 Å². The zero-order valence-electron chi connectivity index (χ0n) is 7.52. The molecule has 1 fully saturated rings. The Balaban J connectivity index is 2.12. The topological polar surface area (TPSA) is 29.0 Å². The number of hydrogen-bond acceptors (Lipinski definition) is 5. The predicted octanol–water partition coefficient (Wildman–Crippen LogP) is 2.33. The Hall–Kier alpha value is -0.130. The first-order chi connectivity index (χ1) is 6.86. The van der Waals surface area contributed by atoms with E-state index in [0.29, 0.717) is 5.15 Å². The molecule has 0 radical (unpaired) electrons. The molecule has 2 rings (SSSR count). The van der Waals surface area contributed by atoms with E-state index < -0.39 is 0 Å². The summed E-state index contributed by atoms with van der Waals surface area (Å²) < 4.78 is 0. The summed E-state index contributed by atoms with van der Waals surface area (Å²) in [6.07, 6.45) is 3.33. The summed E-state index contributed by atoms with van der Waals surface area (Å²) in [7, 11) is 3.82. The SMILES string of the molecule is Clc1cncc(N2CCSSCC2)n1. The van der Waals surface area contributed by atoms with Crippen molar-refractivity contribution in [3.8, 4) is 0 Å². The molecular weight excluding hydrogens is 238 g/mol. The van der Waals surface area contributed by atoms with Crippen LogP contribution in [0.15, 0.2) is 12.4 Å². The van der Waals surface area contributed by atoms with Crippen LogP contribution in [0.1, 0.15) is 0 Å². The second-order valence-electron chi connectivity index (χ2n) is 2.83. The van der Waals surface area contributed by atoms with Crippen molar-refractivity contribution in [3.05, 3.63) is 17.5 Å². The minimum absolute atomic E-state index is 0.465. The van der Waals surface area contributed by atoms with Gasteiger partial charge < -0.3 is 4.90 Å². The lowest BCUT2D eigenvalue weighted by molar-refractivity contribution is 0.856. The summed E-state index contributed by atoms with van der Waals surface area (Å²) in [4.78, 5) is 10.5. The standard InChI is InChI=1S/C8H10ClN3S2/c9-7-5-10-6-8(11-7)12-1-3-13-14-4-2-12/h5-6H,1-4H2. The summed E-state index contributed by atoms with van der Waals surface area (Å²) in [5.41, 5.74) is 0. The van der Waals surface area contributed by atoms with Gasteiger partial charge in [0.05, 0.1) is 12.4 Å². The minimum atomic E-state index is 0.465. The minimum Gasteiger partial charge on any atom is -0.354 e. The highest BCUT2D eigenvalue weighted by Gasteiger charge is 2.11. The molecule has 0 aromatic carbocycles. The van der Waals surface area contributed by atoms with Crippen molar-refractivity contribution in [3.63, 3.8) is 0 Å². The van der Waals surface area contributed by atoms with E-state index in [1.54, 1.807) is 12.4 Å². The lowest BCUT2D eigenvalue weighted by atomic mass is 10.5. The number of nitrogens with zero attached hydrogens (tertiary/aromatic N) is 3. The maximum atomic E-state index is 5.79. The number of anilines is 1. The van der Waals surface area contributed by atoms with E-state index >= 15 is 0 Å². The molecule has 0 N–H and O–H groups in total. The van der Waals surface area contributed by atoms with Crippen LogP contribution < -0.4 is 4.90 Å². The van der Waals surface area contributed by atoms with Gasteiger partial charge >= 0.3 is 0 Å². The molecule has 0 unspecified atom stereocenters. The van der Waals surface area contributed by atoms with Crippen LogP contribution in [0, 0.1) is 0 Å². The number of hydrogen-bond donors (Lipinski definition) is 0. The third kappa shape index (κ3) is 2.68. The molecule has 1 aliphatic heterocycles. The first-order valence-electron chi connectivity index (χ1n) is 4.33. The largest absolute Gasteiger partial charge is 0.354 e. The van der Waals surface area contributed by atoms with Gasteiger partial charge in [0.1, 0.15) is 11.0 Å². The van der Waals surface area contributed by atoms with Crippen LogP contribution in [0.4, 0.5) is 5.82 Å². The normalized spacial score (nSPS) is 17.9. The van der Waals surface area contributed by atoms with Crippen molar-refractivity contribution < 1.29 is 0 Å². The fourth-order valence-corrected chi connectivity index (χ4v) is 3.36. The molecule has 1 aromatic rings. The molecule has 3 nitrogen and oxygen atoms in total. The molecule has 14 heavy (non-hydrogen) atoms. The summed E-state index contributed by atoms with van der Waals surface area (Å²) in [6, 6.07) is 0. The van der Waals surface area contributed by atoms with Gasteiger partial charge in [0, 0.05) is 24.6 Å². The lowest BCUT2D eigenvalue weighted by Crippen LogP contribution is -2.27. The second kappa shape index (κ2) is 5.09. The number of aromatic nitrogens is 2. The first-order valence-corrected chi connectivity index (χ1v) is 7.20. The highest BCUT2D eigenvalue weighted by atomic mass is 35.5. The van der Waals surface area contributed by atoms with Crippen LogP contribution in [0.25, 0.3) is 0 Å². The van der Waals surface area contributed by atoms with Gasteiger partial charge in [-0.25, -0.2) is 4.98 Å². The molecule has 1 aliphatic rings. The summed E-state index contributed by atoms with van der Waals surface area (Å²) in [5, 5.41) is 0.465. The molecule has 1 aromatic heterocycles. The average molecular weight is 248 g/mol. The fraction of sp³-hybridized carbons (Fsp3) is 0.500. The predicted molar refractivity (Wildman–Crippen MR) is 64.2 cm³/mol. The molecule has 76 valence electrons. The maximum absolute atomic E-state index is 5.79. The first kappa shape index (κ1) is 10.4. The highest BCUT2D eigenvalue weighted by molar-refractivity contribution is 8.76. The number of halogens is 1. The van der Waals surface area contributed by atoms with E-state index in [1.165, 1.54) is 0 Å². The molecular formula is C8H10ClN3S2. The van der Waals surface area contributed by atoms with Crippen molar-refractivity contribution in [1.82, 2.24) is 9.97 Å². The highest BCUT2D eigenvalue weighted by Crippen LogP contribution is 2.25. The van der Waals surface area contributed by atoms with Gasteiger partial charge in [-0.3, -0.25) is 4.98 Å². The Morgan fingerprint density at radius 2 is 1.93 bits per heavy atom. The molecule has 0 amide bonds. The van der Waals surface area contributed by atoms with Crippen LogP contribution in [0.5, 0.6) is 0 Å². The Kier molecular flexibility index (Phi) is 3.78. The van der Waals surface area contributed by atoms with E-state index in [2.05, 4.69) is 14.9 Å². The van der Waals surface area contributed by atoms with E-state index in [4.69, 9.17) is 11.6 Å². The van der Waals surface area contributed by atoms with Gasteiger partial charge in [-0.15, -0.1) is 0 Å². The van der Waals surface area contributed by atoms with Crippen LogP contribution in [0.2, 0.25) is 5.15 Å². The Labute approximate surface area is 96.0 Å². The molecule has 1 saturated heterocycles. The van der Waals surface area contributed by atoms with Gasteiger partial charge in [-0.2, -0.15) is 0 Å². The smallest absolute Gasteiger partial charge is 0.149 e. The van der Waals surface area contributed by atoms with E-state index in [-0.39, 0.29) is 0 Å². The Morgan fingerprint density at radius 1 is 1.21 bits per heavy atom. The average Bonchev–Trinajstić information content (AvgIpc) is 2.45. The molecule has 0 bridgehead atoms. The van der Waals surface area contributed by atoms with Crippen molar-refractivity contribution >= 4 is 39.0 Å². The van der Waals surface area contributed by atoms with E-state index in [9.17, 15) is 0 Å². The molecule has 6 heteroatoms. The zero-order chi connectivity index (χ0) is 9.80. The van der Waals surface area contributed by atoms with Gasteiger partial charge in [0.15, 0.2) is 0 Å². The van der Waals surface area contributed by atoms with Gasteiger partial charge in [0.25, 0.3) is 0 Å². The van der Waals surface area contributed by atoms with Gasteiger partial charge in [-0.05, 0) is 0 Å². The van der Waals surface area contributed by atoms with Crippen LogP contribution in [0.3, 0.4) is 0 Å². The summed E-state index contributed by atoms with van der Waals surface area (Å²) >= 11 is 5.79. The molecule has 0 saturated carbocycles. The third-order valence-electron chi connectivity index (χ3n) is 1.89. The van der Waals surface area contributed by atoms with E-state index in [0.717, 1.165) is 30.4 Å². The molecule has 0 aliphatic carbocycles. The maximum Gasteiger partial charge on any atom is 0.149 e. The third-order valence-corrected chi connectivity index (χ3v) is 4.44. The van der Waals surface area contributed by atoms with Gasteiger partial charge in [-0.1, -0.05) is 33.2 Å². The Morgan fingerprint density at radius 3 is 2.57 bits per heavy atom. The lowest BCUT2D eigenvalue weighted by Gasteiger charge is -2.19. The fourth-order valence-electron chi connectivity index (χ4n) is 1.24. The zero-order valence-corrected chi connectivity index (χ0v) is 9.91. The molecule has 0 spiro atoms. The quantitative estimate of drug-likeness (QED) is 0.711.